The van der Waals surface area contributed by atoms with Crippen molar-refractivity contribution in [3.8, 4) is 11.5 Å². The Morgan fingerprint density at radius 1 is 1.21 bits per heavy atom. The molecule has 1 amide bonds. The molecule has 0 spiro atoms. The molecule has 28 heavy (non-hydrogen) atoms. The van der Waals surface area contributed by atoms with Gasteiger partial charge in [0.15, 0.2) is 11.5 Å². The fraction of sp³-hybridized carbons (Fsp3) is 0.211. The first-order chi connectivity index (χ1) is 13.4. The lowest BCUT2D eigenvalue weighted by Crippen LogP contribution is -2.18. The van der Waals surface area contributed by atoms with Gasteiger partial charge < -0.3 is 19.9 Å². The fourth-order valence-electron chi connectivity index (χ4n) is 2.90. The van der Waals surface area contributed by atoms with E-state index in [0.29, 0.717) is 34.2 Å². The number of halogens is 1. The lowest BCUT2D eigenvalue weighted by molar-refractivity contribution is 0.0697. The summed E-state index contributed by atoms with van der Waals surface area (Å²) < 4.78 is 12.0. The van der Waals surface area contributed by atoms with Crippen LogP contribution in [0, 0.1) is 0 Å². The largest absolute Gasteiger partial charge is 0.493 e. The molecule has 0 atom stereocenters. The maximum atomic E-state index is 13.0. The van der Waals surface area contributed by atoms with Gasteiger partial charge in [-0.2, -0.15) is 0 Å². The highest BCUT2D eigenvalue weighted by Gasteiger charge is 2.22. The van der Waals surface area contributed by atoms with Gasteiger partial charge in [-0.05, 0) is 12.5 Å². The van der Waals surface area contributed by atoms with E-state index in [0.717, 1.165) is 0 Å². The van der Waals surface area contributed by atoms with E-state index in [4.69, 9.17) is 21.1 Å². The lowest BCUT2D eigenvalue weighted by Gasteiger charge is -2.14. The SMILES string of the molecule is CCc1nc2cc(Cl)ccn2c1C(=O)Nc1cc(OC)c(OC)cc1C(=O)O. The molecule has 146 valence electrons. The zero-order chi connectivity index (χ0) is 20.4. The van der Waals surface area contributed by atoms with Gasteiger partial charge in [0.1, 0.15) is 11.3 Å². The number of pyridine rings is 1. The molecule has 2 aromatic heterocycles. The highest BCUT2D eigenvalue weighted by atomic mass is 35.5. The number of carboxylic acid groups (broad SMARTS) is 1. The number of nitrogens with one attached hydrogen (secondary N) is 1. The molecular formula is C19H18ClN3O5. The Hall–Kier alpha value is -3.26. The molecule has 0 bridgehead atoms. The molecule has 0 aliphatic carbocycles. The quantitative estimate of drug-likeness (QED) is 0.652. The van der Waals surface area contributed by atoms with E-state index >= 15 is 0 Å². The van der Waals surface area contributed by atoms with Crippen LogP contribution in [0.2, 0.25) is 5.02 Å². The van der Waals surface area contributed by atoms with Gasteiger partial charge in [0.2, 0.25) is 0 Å². The molecule has 0 saturated heterocycles. The number of hydrogen-bond donors (Lipinski definition) is 2. The summed E-state index contributed by atoms with van der Waals surface area (Å²) in [5, 5.41) is 12.7. The van der Waals surface area contributed by atoms with E-state index in [-0.39, 0.29) is 17.0 Å². The number of anilines is 1. The molecule has 0 saturated carbocycles. The van der Waals surface area contributed by atoms with Crippen molar-refractivity contribution in [1.82, 2.24) is 9.38 Å². The van der Waals surface area contributed by atoms with Gasteiger partial charge in [-0.3, -0.25) is 9.20 Å². The first-order valence-electron chi connectivity index (χ1n) is 8.36. The lowest BCUT2D eigenvalue weighted by atomic mass is 10.1. The average molecular weight is 404 g/mol. The second-order valence-corrected chi connectivity index (χ2v) is 6.28. The van der Waals surface area contributed by atoms with Crippen LogP contribution < -0.4 is 14.8 Å². The second-order valence-electron chi connectivity index (χ2n) is 5.85. The summed E-state index contributed by atoms with van der Waals surface area (Å²) in [5.74, 6) is -1.17. The number of carbonyl (C=O) groups excluding carboxylic acids is 1. The molecule has 8 nitrogen and oxygen atoms in total. The van der Waals surface area contributed by atoms with Crippen molar-refractivity contribution in [3.63, 3.8) is 0 Å². The Morgan fingerprint density at radius 2 is 1.89 bits per heavy atom. The topological polar surface area (TPSA) is 102 Å². The third kappa shape index (κ3) is 3.46. The summed E-state index contributed by atoms with van der Waals surface area (Å²) in [4.78, 5) is 29.1. The maximum absolute atomic E-state index is 13.0. The van der Waals surface area contributed by atoms with Crippen LogP contribution in [-0.4, -0.2) is 40.6 Å². The summed E-state index contributed by atoms with van der Waals surface area (Å²) in [5.41, 5.74) is 1.36. The van der Waals surface area contributed by atoms with Gasteiger partial charge in [-0.15, -0.1) is 0 Å². The summed E-state index contributed by atoms with van der Waals surface area (Å²) in [7, 11) is 2.83. The number of fused-ring (bicyclic) bond motifs is 1. The highest BCUT2D eigenvalue weighted by Crippen LogP contribution is 2.34. The van der Waals surface area contributed by atoms with Crippen LogP contribution in [0.25, 0.3) is 5.65 Å². The number of nitrogens with zero attached hydrogens (tertiary/aromatic N) is 2. The van der Waals surface area contributed by atoms with E-state index in [9.17, 15) is 14.7 Å². The van der Waals surface area contributed by atoms with Crippen LogP contribution in [0.1, 0.15) is 33.5 Å². The number of aryl methyl sites for hydroxylation is 1. The molecule has 0 aliphatic rings. The summed E-state index contributed by atoms with van der Waals surface area (Å²) in [6, 6.07) is 6.00. The minimum atomic E-state index is -1.21. The van der Waals surface area contributed by atoms with Crippen LogP contribution >= 0.6 is 11.6 Å². The molecular weight excluding hydrogens is 386 g/mol. The van der Waals surface area contributed by atoms with Crippen LogP contribution in [0.15, 0.2) is 30.5 Å². The minimum absolute atomic E-state index is 0.0844. The highest BCUT2D eigenvalue weighted by molar-refractivity contribution is 6.30. The number of ether oxygens (including phenoxy) is 2. The van der Waals surface area contributed by atoms with Crippen molar-refractivity contribution in [2.45, 2.75) is 13.3 Å². The van der Waals surface area contributed by atoms with Crippen molar-refractivity contribution in [2.24, 2.45) is 0 Å². The number of carboxylic acids is 1. The normalized spacial score (nSPS) is 10.7. The molecule has 0 fully saturated rings. The fourth-order valence-corrected chi connectivity index (χ4v) is 3.05. The molecule has 0 unspecified atom stereocenters. The van der Waals surface area contributed by atoms with Gasteiger partial charge in [0.05, 0.1) is 31.2 Å². The number of amides is 1. The first kappa shape index (κ1) is 19.5. The number of hydrogen-bond acceptors (Lipinski definition) is 5. The molecule has 2 heterocycles. The Morgan fingerprint density at radius 3 is 2.50 bits per heavy atom. The van der Waals surface area contributed by atoms with E-state index in [1.807, 2.05) is 6.92 Å². The Kier molecular flexibility index (Phi) is 5.41. The molecule has 0 radical (unpaired) electrons. The molecule has 3 rings (SSSR count). The Labute approximate surface area is 165 Å². The summed E-state index contributed by atoms with van der Waals surface area (Å²) in [6.07, 6.45) is 2.16. The predicted octanol–water partition coefficient (Wildman–Crippen LogP) is 3.52. The van der Waals surface area contributed by atoms with Crippen molar-refractivity contribution in [3.05, 3.63) is 52.4 Å². The number of aromatic carboxylic acids is 1. The van der Waals surface area contributed by atoms with Crippen LogP contribution in [0.5, 0.6) is 11.5 Å². The monoisotopic (exact) mass is 403 g/mol. The van der Waals surface area contributed by atoms with Gasteiger partial charge in [-0.1, -0.05) is 18.5 Å². The third-order valence-corrected chi connectivity index (χ3v) is 4.45. The number of methoxy groups -OCH3 is 2. The zero-order valence-corrected chi connectivity index (χ0v) is 16.2. The van der Waals surface area contributed by atoms with Crippen molar-refractivity contribution in [1.29, 1.82) is 0 Å². The Balaban J connectivity index is 2.08. The summed E-state index contributed by atoms with van der Waals surface area (Å²) in [6.45, 7) is 1.87. The standard InChI is InChI=1S/C19H18ClN3O5/c1-4-12-17(23-6-5-10(20)7-16(23)21-12)18(24)22-13-9-15(28-3)14(27-2)8-11(13)19(25)26/h5-9H,4H2,1-3H3,(H,22,24)(H,25,26). The maximum Gasteiger partial charge on any atom is 0.337 e. The molecule has 0 aliphatic heterocycles. The second kappa shape index (κ2) is 7.77. The molecule has 3 aromatic rings. The van der Waals surface area contributed by atoms with E-state index in [2.05, 4.69) is 10.3 Å². The van der Waals surface area contributed by atoms with E-state index in [1.165, 1.54) is 26.4 Å². The van der Waals surface area contributed by atoms with Crippen molar-refractivity contribution >= 4 is 34.8 Å². The van der Waals surface area contributed by atoms with Gasteiger partial charge in [-0.25, -0.2) is 9.78 Å². The zero-order valence-electron chi connectivity index (χ0n) is 15.4. The predicted molar refractivity (Wildman–Crippen MR) is 104 cm³/mol. The smallest absolute Gasteiger partial charge is 0.337 e. The Bertz CT molecular complexity index is 1080. The minimum Gasteiger partial charge on any atom is -0.493 e. The average Bonchev–Trinajstić information content (AvgIpc) is 3.04. The van der Waals surface area contributed by atoms with Gasteiger partial charge in [0.25, 0.3) is 5.91 Å². The van der Waals surface area contributed by atoms with Crippen LogP contribution in [-0.2, 0) is 6.42 Å². The number of imidazole rings is 1. The summed E-state index contributed by atoms with van der Waals surface area (Å²) >= 11 is 6.01. The van der Waals surface area contributed by atoms with Gasteiger partial charge in [0, 0.05) is 29.4 Å². The number of benzene rings is 1. The molecule has 1 aromatic carbocycles. The van der Waals surface area contributed by atoms with Crippen molar-refractivity contribution < 1.29 is 24.2 Å². The van der Waals surface area contributed by atoms with Crippen LogP contribution in [0.4, 0.5) is 5.69 Å². The molecule has 9 heteroatoms. The first-order valence-corrected chi connectivity index (χ1v) is 8.74. The van der Waals surface area contributed by atoms with Gasteiger partial charge >= 0.3 is 5.97 Å². The molecule has 2 N–H and O–H groups in total. The number of carbonyl (C=O) groups is 2. The number of aromatic nitrogens is 2. The van der Waals surface area contributed by atoms with E-state index < -0.39 is 11.9 Å². The van der Waals surface area contributed by atoms with Crippen molar-refractivity contribution in [2.75, 3.05) is 19.5 Å². The van der Waals surface area contributed by atoms with E-state index in [1.54, 1.807) is 22.7 Å². The third-order valence-electron chi connectivity index (χ3n) is 4.21. The number of rotatable bonds is 6. The van der Waals surface area contributed by atoms with Crippen LogP contribution in [0.3, 0.4) is 0 Å².